The van der Waals surface area contributed by atoms with E-state index in [1.165, 1.54) is 15.2 Å². The molecule has 1 aliphatic rings. The van der Waals surface area contributed by atoms with Crippen LogP contribution in [-0.2, 0) is 13.6 Å². The molecule has 7 nitrogen and oxygen atoms in total. The highest BCUT2D eigenvalue weighted by Crippen LogP contribution is 2.22. The standard InChI is InChI=1S/C17H20ClN5O2/c1-3-22-15(24)11-14(21(2)17(22)25)20-16-19-8-5-9-23(16)13-7-4-6-12(18)10-13/h4,6-7,10-11H,3,5,8-9H2,1-2H3,(H,19,20). The third-order valence-electron chi connectivity index (χ3n) is 4.14. The highest BCUT2D eigenvalue weighted by molar-refractivity contribution is 6.31. The Morgan fingerprint density at radius 3 is 2.80 bits per heavy atom. The number of rotatable bonds is 3. The first kappa shape index (κ1) is 17.3. The molecule has 3 rings (SSSR count). The summed E-state index contributed by atoms with van der Waals surface area (Å²) in [5.41, 5.74) is 0.215. The molecule has 1 N–H and O–H groups in total. The van der Waals surface area contributed by atoms with E-state index in [0.717, 1.165) is 18.7 Å². The summed E-state index contributed by atoms with van der Waals surface area (Å²) in [5.74, 6) is 1.00. The van der Waals surface area contributed by atoms with Gasteiger partial charge in [-0.1, -0.05) is 17.7 Å². The van der Waals surface area contributed by atoms with Crippen LogP contribution in [0.3, 0.4) is 0 Å². The average molecular weight is 362 g/mol. The maximum absolute atomic E-state index is 12.3. The molecule has 1 aliphatic heterocycles. The number of anilines is 2. The van der Waals surface area contributed by atoms with Crippen molar-refractivity contribution >= 4 is 29.1 Å². The summed E-state index contributed by atoms with van der Waals surface area (Å²) in [6.07, 6.45) is 0.911. The lowest BCUT2D eigenvalue weighted by Gasteiger charge is -2.30. The van der Waals surface area contributed by atoms with E-state index in [9.17, 15) is 9.59 Å². The fraction of sp³-hybridized carbons (Fsp3) is 0.353. The Balaban J connectivity index is 1.97. The number of guanidine groups is 1. The Morgan fingerprint density at radius 1 is 1.28 bits per heavy atom. The zero-order valence-electron chi connectivity index (χ0n) is 14.2. The molecule has 0 radical (unpaired) electrons. The third-order valence-corrected chi connectivity index (χ3v) is 4.37. The first-order valence-corrected chi connectivity index (χ1v) is 8.54. The predicted octanol–water partition coefficient (Wildman–Crippen LogP) is 1.90. The summed E-state index contributed by atoms with van der Waals surface area (Å²) < 4.78 is 2.60. The summed E-state index contributed by atoms with van der Waals surface area (Å²) in [6, 6.07) is 8.91. The Bertz CT molecular complexity index is 931. The molecule has 1 aromatic heterocycles. The van der Waals surface area contributed by atoms with E-state index in [1.807, 2.05) is 29.2 Å². The summed E-state index contributed by atoms with van der Waals surface area (Å²) in [4.78, 5) is 30.9. The van der Waals surface area contributed by atoms with E-state index in [1.54, 1.807) is 14.0 Å². The van der Waals surface area contributed by atoms with Crippen LogP contribution in [0.25, 0.3) is 0 Å². The van der Waals surface area contributed by atoms with Crippen molar-refractivity contribution in [2.75, 3.05) is 23.3 Å². The van der Waals surface area contributed by atoms with Gasteiger partial charge in [-0.05, 0) is 31.5 Å². The summed E-state index contributed by atoms with van der Waals surface area (Å²) in [7, 11) is 1.63. The molecule has 8 heteroatoms. The van der Waals surface area contributed by atoms with E-state index < -0.39 is 0 Å². The average Bonchev–Trinajstić information content (AvgIpc) is 2.60. The van der Waals surface area contributed by atoms with Crippen LogP contribution in [0.1, 0.15) is 13.3 Å². The van der Waals surface area contributed by atoms with Gasteiger partial charge in [-0.2, -0.15) is 0 Å². The van der Waals surface area contributed by atoms with Gasteiger partial charge in [0.05, 0.1) is 0 Å². The van der Waals surface area contributed by atoms with Crippen LogP contribution in [0.15, 0.2) is 44.9 Å². The number of aliphatic imine (C=N–C) groups is 1. The molecule has 0 fully saturated rings. The molecule has 1 aromatic carbocycles. The van der Waals surface area contributed by atoms with Gasteiger partial charge in [-0.15, -0.1) is 0 Å². The summed E-state index contributed by atoms with van der Waals surface area (Å²) in [5, 5.41) is 3.77. The zero-order chi connectivity index (χ0) is 18.0. The smallest absolute Gasteiger partial charge is 0.312 e. The molecule has 0 saturated heterocycles. The fourth-order valence-electron chi connectivity index (χ4n) is 2.80. The normalized spacial score (nSPS) is 14.4. The van der Waals surface area contributed by atoms with Crippen LogP contribution in [-0.4, -0.2) is 28.2 Å². The van der Waals surface area contributed by atoms with Crippen LogP contribution in [0.4, 0.5) is 11.5 Å². The zero-order valence-corrected chi connectivity index (χ0v) is 15.0. The highest BCUT2D eigenvalue weighted by Gasteiger charge is 2.19. The molecule has 0 atom stereocenters. The predicted molar refractivity (Wildman–Crippen MR) is 101 cm³/mol. The van der Waals surface area contributed by atoms with Crippen LogP contribution in [0.5, 0.6) is 0 Å². The Morgan fingerprint density at radius 2 is 2.08 bits per heavy atom. The number of aromatic nitrogens is 2. The molecule has 0 saturated carbocycles. The first-order chi connectivity index (χ1) is 12.0. The van der Waals surface area contributed by atoms with Crippen molar-refractivity contribution in [3.05, 3.63) is 56.2 Å². The van der Waals surface area contributed by atoms with Gasteiger partial charge >= 0.3 is 5.69 Å². The number of nitrogens with one attached hydrogen (secondary N) is 1. The first-order valence-electron chi connectivity index (χ1n) is 8.16. The van der Waals surface area contributed by atoms with Crippen molar-refractivity contribution in [1.29, 1.82) is 0 Å². The van der Waals surface area contributed by atoms with Gasteiger partial charge in [0, 0.05) is 43.5 Å². The number of nitrogens with zero attached hydrogens (tertiary/aromatic N) is 4. The van der Waals surface area contributed by atoms with Crippen molar-refractivity contribution in [2.24, 2.45) is 12.0 Å². The number of hydrogen-bond donors (Lipinski definition) is 1. The van der Waals surface area contributed by atoms with Gasteiger partial charge in [0.2, 0.25) is 5.96 Å². The topological polar surface area (TPSA) is 71.6 Å². The second-order valence-electron chi connectivity index (χ2n) is 5.77. The maximum atomic E-state index is 12.3. The quantitative estimate of drug-likeness (QED) is 0.906. The highest BCUT2D eigenvalue weighted by atomic mass is 35.5. The lowest BCUT2D eigenvalue weighted by atomic mass is 10.2. The maximum Gasteiger partial charge on any atom is 0.332 e. The lowest BCUT2D eigenvalue weighted by Crippen LogP contribution is -2.44. The van der Waals surface area contributed by atoms with E-state index in [-0.39, 0.29) is 11.2 Å². The van der Waals surface area contributed by atoms with Crippen molar-refractivity contribution in [3.8, 4) is 0 Å². The minimum absolute atomic E-state index is 0.334. The SMILES string of the molecule is CCn1c(=O)cc(NC2=NCCCN2c2cccc(Cl)c2)n(C)c1=O. The lowest BCUT2D eigenvalue weighted by molar-refractivity contribution is 0.626. The van der Waals surface area contributed by atoms with Gasteiger partial charge in [-0.25, -0.2) is 4.79 Å². The molecule has 2 heterocycles. The monoisotopic (exact) mass is 361 g/mol. The molecule has 132 valence electrons. The summed E-state index contributed by atoms with van der Waals surface area (Å²) >= 11 is 6.10. The molecule has 0 bridgehead atoms. The van der Waals surface area contributed by atoms with Gasteiger partial charge < -0.3 is 10.2 Å². The molecule has 25 heavy (non-hydrogen) atoms. The van der Waals surface area contributed by atoms with Crippen LogP contribution in [0, 0.1) is 0 Å². The molecule has 0 spiro atoms. The minimum atomic E-state index is -0.358. The Hall–Kier alpha value is -2.54. The summed E-state index contributed by atoms with van der Waals surface area (Å²) in [6.45, 7) is 3.55. The number of halogens is 1. The second kappa shape index (κ2) is 7.14. The van der Waals surface area contributed by atoms with E-state index in [2.05, 4.69) is 10.3 Å². The van der Waals surface area contributed by atoms with Crippen molar-refractivity contribution in [1.82, 2.24) is 9.13 Å². The number of benzene rings is 1. The van der Waals surface area contributed by atoms with E-state index in [4.69, 9.17) is 11.6 Å². The van der Waals surface area contributed by atoms with Gasteiger partial charge in [0.25, 0.3) is 5.56 Å². The van der Waals surface area contributed by atoms with Crippen molar-refractivity contribution in [3.63, 3.8) is 0 Å². The van der Waals surface area contributed by atoms with Crippen LogP contribution in [0.2, 0.25) is 5.02 Å². The number of hydrogen-bond acceptors (Lipinski definition) is 5. The minimum Gasteiger partial charge on any atom is -0.312 e. The Labute approximate surface area is 150 Å². The molecule has 0 amide bonds. The van der Waals surface area contributed by atoms with Crippen LogP contribution < -0.4 is 21.5 Å². The van der Waals surface area contributed by atoms with Crippen molar-refractivity contribution in [2.45, 2.75) is 19.9 Å². The molecule has 0 aliphatic carbocycles. The largest absolute Gasteiger partial charge is 0.332 e. The molecule has 0 unspecified atom stereocenters. The van der Waals surface area contributed by atoms with Crippen molar-refractivity contribution < 1.29 is 0 Å². The Kier molecular flexibility index (Phi) is 4.94. The van der Waals surface area contributed by atoms with E-state index >= 15 is 0 Å². The van der Waals surface area contributed by atoms with E-state index in [0.29, 0.717) is 29.9 Å². The van der Waals surface area contributed by atoms with Gasteiger partial charge in [0.15, 0.2) is 0 Å². The van der Waals surface area contributed by atoms with Gasteiger partial charge in [0.1, 0.15) is 5.82 Å². The molecule has 2 aromatic rings. The second-order valence-corrected chi connectivity index (χ2v) is 6.21. The van der Waals surface area contributed by atoms with Crippen LogP contribution >= 0.6 is 11.6 Å². The molecular weight excluding hydrogens is 342 g/mol. The molecular formula is C17H20ClN5O2. The van der Waals surface area contributed by atoms with Gasteiger partial charge in [-0.3, -0.25) is 18.9 Å². The fourth-order valence-corrected chi connectivity index (χ4v) is 2.99. The third kappa shape index (κ3) is 3.46.